The first kappa shape index (κ1) is 22.1. The van der Waals surface area contributed by atoms with Gasteiger partial charge in [0.05, 0.1) is 33.0 Å². The standard InChI is InChI=1S/C27H28N6O3/c1-35-23-12-20-21(13-24(23)36-2)30-15-31-27(20)32-18-5-6-22-16(10-18)7-9-33(22)25(34)11-17-14-29-26-19(17)4-3-8-28-26/h3-6,10,12-15,21,28-29,32H,7-9,11H2,1-2H3,(H,30,31). The van der Waals surface area contributed by atoms with Crippen LogP contribution >= 0.6 is 0 Å². The Balaban J connectivity index is 1.21. The molecule has 4 heterocycles. The van der Waals surface area contributed by atoms with E-state index in [9.17, 15) is 4.79 Å². The van der Waals surface area contributed by atoms with Crippen LogP contribution in [-0.2, 0) is 27.1 Å². The lowest BCUT2D eigenvalue weighted by Crippen LogP contribution is -2.34. The van der Waals surface area contributed by atoms with Gasteiger partial charge in [-0.05, 0) is 47.9 Å². The number of methoxy groups -OCH3 is 2. The quantitative estimate of drug-likeness (QED) is 0.502. The third-order valence-corrected chi connectivity index (χ3v) is 6.91. The number of aromatic nitrogens is 1. The SMILES string of the molecule is COC1=CC2=C(Nc3ccc4c(c3)CCN4C(=O)Cc3c[nH]c4c3C=CCN4)N=CNC2C=C1OC. The van der Waals surface area contributed by atoms with Crippen LogP contribution in [0.25, 0.3) is 6.08 Å². The number of fused-ring (bicyclic) bond motifs is 3. The number of hydrogen-bond donors (Lipinski definition) is 4. The molecule has 1 atom stereocenters. The van der Waals surface area contributed by atoms with E-state index in [1.807, 2.05) is 35.4 Å². The Hall–Kier alpha value is -4.40. The Morgan fingerprint density at radius 3 is 3.00 bits per heavy atom. The number of carbonyl (C=O) groups excluding carboxylic acids is 1. The minimum Gasteiger partial charge on any atom is -0.493 e. The number of amides is 1. The second kappa shape index (κ2) is 8.99. The second-order valence-electron chi connectivity index (χ2n) is 8.98. The predicted molar refractivity (Wildman–Crippen MR) is 141 cm³/mol. The summed E-state index contributed by atoms with van der Waals surface area (Å²) in [4.78, 5) is 22.9. The number of anilines is 3. The summed E-state index contributed by atoms with van der Waals surface area (Å²) in [5.74, 6) is 3.16. The van der Waals surface area contributed by atoms with Gasteiger partial charge in [-0.2, -0.15) is 0 Å². The first-order chi connectivity index (χ1) is 17.6. The summed E-state index contributed by atoms with van der Waals surface area (Å²) in [6.07, 6.45) is 12.8. The van der Waals surface area contributed by atoms with Crippen LogP contribution in [0.1, 0.15) is 16.7 Å². The van der Waals surface area contributed by atoms with Gasteiger partial charge >= 0.3 is 0 Å². The van der Waals surface area contributed by atoms with Crippen molar-refractivity contribution in [3.8, 4) is 0 Å². The normalized spacial score (nSPS) is 19.4. The third-order valence-electron chi connectivity index (χ3n) is 6.91. The molecule has 0 bridgehead atoms. The fourth-order valence-corrected chi connectivity index (χ4v) is 5.10. The average molecular weight is 485 g/mol. The molecular formula is C27H28N6O3. The fraction of sp³-hybridized carbons (Fsp3) is 0.259. The number of carbonyl (C=O) groups is 1. The van der Waals surface area contributed by atoms with Gasteiger partial charge in [-0.15, -0.1) is 0 Å². The van der Waals surface area contributed by atoms with Gasteiger partial charge in [0.1, 0.15) is 11.6 Å². The summed E-state index contributed by atoms with van der Waals surface area (Å²) < 4.78 is 10.9. The molecule has 1 aliphatic carbocycles. The van der Waals surface area contributed by atoms with Crippen LogP contribution in [0.3, 0.4) is 0 Å². The smallest absolute Gasteiger partial charge is 0.231 e. The highest BCUT2D eigenvalue weighted by Gasteiger charge is 2.28. The van der Waals surface area contributed by atoms with Crippen LogP contribution in [0.5, 0.6) is 0 Å². The van der Waals surface area contributed by atoms with E-state index in [4.69, 9.17) is 9.47 Å². The van der Waals surface area contributed by atoms with E-state index in [0.717, 1.165) is 58.2 Å². The maximum absolute atomic E-state index is 13.2. The van der Waals surface area contributed by atoms with E-state index in [0.29, 0.717) is 24.5 Å². The Bertz CT molecular complexity index is 1380. The number of aromatic amines is 1. The molecular weight excluding hydrogens is 456 g/mol. The van der Waals surface area contributed by atoms with E-state index in [-0.39, 0.29) is 11.9 Å². The molecule has 36 heavy (non-hydrogen) atoms. The summed E-state index contributed by atoms with van der Waals surface area (Å²) in [5.41, 5.74) is 6.09. The van der Waals surface area contributed by atoms with Crippen LogP contribution in [-0.4, -0.2) is 50.6 Å². The van der Waals surface area contributed by atoms with E-state index in [1.165, 1.54) is 0 Å². The number of nitrogens with one attached hydrogen (secondary N) is 4. The summed E-state index contributed by atoms with van der Waals surface area (Å²) in [5, 5.41) is 9.99. The first-order valence-corrected chi connectivity index (χ1v) is 12.0. The molecule has 184 valence electrons. The molecule has 0 saturated carbocycles. The van der Waals surface area contributed by atoms with Crippen molar-refractivity contribution < 1.29 is 14.3 Å². The molecule has 1 aromatic heterocycles. The zero-order chi connectivity index (χ0) is 24.6. The third kappa shape index (κ3) is 3.82. The molecule has 2 aromatic rings. The van der Waals surface area contributed by atoms with Gasteiger partial charge in [-0.25, -0.2) is 4.99 Å². The van der Waals surface area contributed by atoms with Crippen LogP contribution in [0.4, 0.5) is 17.2 Å². The van der Waals surface area contributed by atoms with Crippen LogP contribution in [0.15, 0.2) is 70.5 Å². The molecule has 9 nitrogen and oxygen atoms in total. The number of hydrogen-bond acceptors (Lipinski definition) is 7. The maximum Gasteiger partial charge on any atom is 0.231 e. The molecule has 1 amide bonds. The molecule has 1 unspecified atom stereocenters. The topological polar surface area (TPSA) is 103 Å². The molecule has 1 aromatic carbocycles. The number of benzene rings is 1. The summed E-state index contributed by atoms with van der Waals surface area (Å²) >= 11 is 0. The summed E-state index contributed by atoms with van der Waals surface area (Å²) in [6, 6.07) is 6.05. The largest absolute Gasteiger partial charge is 0.493 e. The van der Waals surface area contributed by atoms with Gasteiger partial charge in [-0.3, -0.25) is 4.79 Å². The number of H-pyrrole nitrogens is 1. The zero-order valence-corrected chi connectivity index (χ0v) is 20.2. The van der Waals surface area contributed by atoms with Crippen molar-refractivity contribution in [1.29, 1.82) is 0 Å². The molecule has 3 aliphatic heterocycles. The highest BCUT2D eigenvalue weighted by atomic mass is 16.5. The van der Waals surface area contributed by atoms with Crippen LogP contribution in [0.2, 0.25) is 0 Å². The molecule has 4 aliphatic rings. The molecule has 0 radical (unpaired) electrons. The van der Waals surface area contributed by atoms with Crippen molar-refractivity contribution >= 4 is 35.5 Å². The van der Waals surface area contributed by atoms with Crippen molar-refractivity contribution in [3.63, 3.8) is 0 Å². The van der Waals surface area contributed by atoms with Crippen molar-refractivity contribution in [2.75, 3.05) is 42.8 Å². The van der Waals surface area contributed by atoms with Crippen LogP contribution < -0.4 is 20.9 Å². The molecule has 9 heteroatoms. The lowest BCUT2D eigenvalue weighted by molar-refractivity contribution is -0.117. The fourth-order valence-electron chi connectivity index (χ4n) is 5.10. The van der Waals surface area contributed by atoms with E-state index in [1.54, 1.807) is 20.6 Å². The van der Waals surface area contributed by atoms with Gasteiger partial charge in [0, 0.05) is 41.8 Å². The minimum atomic E-state index is -0.0642. The Morgan fingerprint density at radius 2 is 2.14 bits per heavy atom. The lowest BCUT2D eigenvalue weighted by Gasteiger charge is -2.27. The number of nitrogens with zero attached hydrogens (tertiary/aromatic N) is 2. The molecule has 0 fully saturated rings. The minimum absolute atomic E-state index is 0.0642. The highest BCUT2D eigenvalue weighted by Crippen LogP contribution is 2.34. The Morgan fingerprint density at radius 1 is 1.25 bits per heavy atom. The average Bonchev–Trinajstić information content (AvgIpc) is 3.52. The zero-order valence-electron chi connectivity index (χ0n) is 20.2. The van der Waals surface area contributed by atoms with E-state index in [2.05, 4.69) is 44.1 Å². The first-order valence-electron chi connectivity index (χ1n) is 12.0. The van der Waals surface area contributed by atoms with Crippen molar-refractivity contribution in [2.45, 2.75) is 18.9 Å². The highest BCUT2D eigenvalue weighted by molar-refractivity contribution is 5.97. The van der Waals surface area contributed by atoms with E-state index < -0.39 is 0 Å². The monoisotopic (exact) mass is 484 g/mol. The lowest BCUT2D eigenvalue weighted by atomic mass is 9.98. The van der Waals surface area contributed by atoms with Crippen molar-refractivity contribution in [2.24, 2.45) is 4.99 Å². The van der Waals surface area contributed by atoms with E-state index >= 15 is 0 Å². The van der Waals surface area contributed by atoms with Crippen molar-refractivity contribution in [3.05, 3.63) is 82.2 Å². The summed E-state index contributed by atoms with van der Waals surface area (Å²) in [7, 11) is 3.25. The maximum atomic E-state index is 13.2. The molecule has 0 spiro atoms. The summed E-state index contributed by atoms with van der Waals surface area (Å²) in [6.45, 7) is 1.48. The van der Waals surface area contributed by atoms with Gasteiger partial charge in [0.15, 0.2) is 11.5 Å². The van der Waals surface area contributed by atoms with Gasteiger partial charge in [0.2, 0.25) is 5.91 Å². The van der Waals surface area contributed by atoms with Crippen LogP contribution in [0, 0.1) is 0 Å². The second-order valence-corrected chi connectivity index (χ2v) is 8.98. The van der Waals surface area contributed by atoms with Gasteiger partial charge in [-0.1, -0.05) is 12.2 Å². The van der Waals surface area contributed by atoms with Gasteiger partial charge < -0.3 is 35.3 Å². The van der Waals surface area contributed by atoms with Crippen molar-refractivity contribution in [1.82, 2.24) is 10.3 Å². The number of rotatable bonds is 6. The molecule has 6 rings (SSSR count). The number of aliphatic imine (C=N–C) groups is 1. The predicted octanol–water partition coefficient (Wildman–Crippen LogP) is 3.28. The molecule has 4 N–H and O–H groups in total. The number of ether oxygens (including phenoxy) is 2. The Labute approximate surface area is 209 Å². The molecule has 0 saturated heterocycles. The van der Waals surface area contributed by atoms with Gasteiger partial charge in [0.25, 0.3) is 0 Å². The Kier molecular flexibility index (Phi) is 5.52.